The zero-order valence-electron chi connectivity index (χ0n) is 40.7. The van der Waals surface area contributed by atoms with E-state index >= 15 is 0 Å². The molecule has 2 unspecified atom stereocenters. The normalized spacial score (nSPS) is 14.0. The summed E-state index contributed by atoms with van der Waals surface area (Å²) in [5.41, 5.74) is 0. The van der Waals surface area contributed by atoms with Gasteiger partial charge < -0.3 is 18.9 Å². The van der Waals surface area contributed by atoms with Gasteiger partial charge in [-0.1, -0.05) is 210 Å². The highest BCUT2D eigenvalue weighted by Gasteiger charge is 2.26. The van der Waals surface area contributed by atoms with Crippen molar-refractivity contribution in [3.05, 3.63) is 48.6 Å². The summed E-state index contributed by atoms with van der Waals surface area (Å²) in [7, 11) is 1.67. The Labute approximate surface area is 378 Å². The number of allylic oxidation sites excluding steroid dienone is 8. The Bertz CT molecular complexity index is 1120. The van der Waals surface area contributed by atoms with Crippen molar-refractivity contribution in [2.45, 2.75) is 225 Å². The minimum Gasteiger partial charge on any atom is -0.457 e. The van der Waals surface area contributed by atoms with E-state index in [1.807, 2.05) is 21.1 Å². The quantitative estimate of drug-likeness (QED) is 0.0214. The molecule has 8 nitrogen and oxygen atoms in total. The van der Waals surface area contributed by atoms with Gasteiger partial charge in [0, 0.05) is 13.0 Å². The monoisotopic (exact) mass is 881 g/mol. The molecule has 2 atom stereocenters. The van der Waals surface area contributed by atoms with E-state index in [1.54, 1.807) is 0 Å². The Hall–Kier alpha value is -1.54. The van der Waals surface area contributed by atoms with Gasteiger partial charge in [0.2, 0.25) is 0 Å². The van der Waals surface area contributed by atoms with E-state index in [2.05, 4.69) is 62.5 Å². The van der Waals surface area contributed by atoms with Crippen molar-refractivity contribution in [2.24, 2.45) is 0 Å². The second kappa shape index (κ2) is 45.0. The van der Waals surface area contributed by atoms with Crippen LogP contribution in [0.4, 0.5) is 0 Å². The van der Waals surface area contributed by atoms with Crippen molar-refractivity contribution in [3.8, 4) is 0 Å². The highest BCUT2D eigenvalue weighted by molar-refractivity contribution is 7.47. The van der Waals surface area contributed by atoms with E-state index in [1.165, 1.54) is 141 Å². The number of carbonyl (C=O) groups excluding carboxylic acids is 1. The molecule has 0 bridgehead atoms. The van der Waals surface area contributed by atoms with Crippen LogP contribution in [0.15, 0.2) is 48.6 Å². The molecule has 0 rings (SSSR count). The van der Waals surface area contributed by atoms with Crippen LogP contribution in [0.25, 0.3) is 0 Å². The van der Waals surface area contributed by atoms with Crippen LogP contribution >= 0.6 is 7.82 Å². The lowest BCUT2D eigenvalue weighted by molar-refractivity contribution is -0.870. The van der Waals surface area contributed by atoms with Gasteiger partial charge in [0.05, 0.1) is 34.4 Å². The first kappa shape index (κ1) is 59.5. The summed E-state index contributed by atoms with van der Waals surface area (Å²) in [6.45, 7) is 5.53. The first-order valence-corrected chi connectivity index (χ1v) is 26.9. The van der Waals surface area contributed by atoms with Crippen LogP contribution in [0.1, 0.15) is 219 Å². The van der Waals surface area contributed by atoms with Gasteiger partial charge >= 0.3 is 13.8 Å². The van der Waals surface area contributed by atoms with Gasteiger partial charge in [0.15, 0.2) is 0 Å². The SMILES string of the molecule is CC/C=C\C/C=C\C/C=C\C/C=C\CCCCCCCCCCCCCCCOCC(COP(=O)(O)OCC[N+](C)(C)C)OC(=O)CCCCCCCCCCCCCCC. The molecule has 0 aromatic heterocycles. The van der Waals surface area contributed by atoms with E-state index in [4.69, 9.17) is 18.5 Å². The standard InChI is InChI=1S/C52H98NO7P/c1-6-8-10-12-14-16-18-20-21-22-23-24-25-26-27-28-29-30-31-32-34-36-38-40-42-44-47-57-49-51(50-59-61(55,56)58-48-46-53(3,4)5)60-52(54)45-43-41-39-37-35-33-19-17-15-13-11-9-7-2/h8,10,14,16,20-21,23-24,51H,6-7,9,11-13,15,17-19,22,25-50H2,1-5H3/p+1/b10-8-,16-14-,21-20-,24-23-. The molecule has 0 fully saturated rings. The van der Waals surface area contributed by atoms with Crippen molar-refractivity contribution in [1.29, 1.82) is 0 Å². The summed E-state index contributed by atoms with van der Waals surface area (Å²) in [4.78, 5) is 22.9. The fraction of sp³-hybridized carbons (Fsp3) is 0.827. The molecule has 0 aromatic carbocycles. The molecule has 1 N–H and O–H groups in total. The molecular weight excluding hydrogens is 782 g/mol. The van der Waals surface area contributed by atoms with E-state index in [0.717, 1.165) is 57.8 Å². The molecule has 0 aliphatic heterocycles. The Morgan fingerprint density at radius 3 is 1.43 bits per heavy atom. The zero-order chi connectivity index (χ0) is 44.8. The largest absolute Gasteiger partial charge is 0.472 e. The van der Waals surface area contributed by atoms with Crippen molar-refractivity contribution in [1.82, 2.24) is 0 Å². The van der Waals surface area contributed by atoms with E-state index in [-0.39, 0.29) is 25.8 Å². The summed E-state index contributed by atoms with van der Waals surface area (Å²) in [5, 5.41) is 0. The molecule has 0 aliphatic rings. The Morgan fingerprint density at radius 2 is 0.951 bits per heavy atom. The van der Waals surface area contributed by atoms with E-state index < -0.39 is 13.9 Å². The number of hydrogen-bond donors (Lipinski definition) is 1. The highest BCUT2D eigenvalue weighted by Crippen LogP contribution is 2.43. The number of unbranched alkanes of at least 4 members (excludes halogenated alkanes) is 25. The number of phosphoric acid groups is 1. The number of nitrogens with zero attached hydrogens (tertiary/aromatic N) is 1. The van der Waals surface area contributed by atoms with Crippen molar-refractivity contribution in [3.63, 3.8) is 0 Å². The number of esters is 1. The van der Waals surface area contributed by atoms with Gasteiger partial charge in [-0.25, -0.2) is 4.57 Å². The maximum Gasteiger partial charge on any atom is 0.472 e. The lowest BCUT2D eigenvalue weighted by atomic mass is 10.0. The van der Waals surface area contributed by atoms with Crippen LogP contribution < -0.4 is 0 Å². The van der Waals surface area contributed by atoms with E-state index in [9.17, 15) is 14.3 Å². The van der Waals surface area contributed by atoms with Crippen molar-refractivity contribution >= 4 is 13.8 Å². The number of ether oxygens (including phenoxy) is 2. The zero-order valence-corrected chi connectivity index (χ0v) is 41.5. The summed E-state index contributed by atoms with van der Waals surface area (Å²) in [6.07, 6.45) is 55.9. The second-order valence-electron chi connectivity index (χ2n) is 18.2. The molecule has 358 valence electrons. The first-order chi connectivity index (χ1) is 29.6. The second-order valence-corrected chi connectivity index (χ2v) is 19.6. The molecule has 0 saturated carbocycles. The maximum absolute atomic E-state index is 12.7. The van der Waals surface area contributed by atoms with Gasteiger partial charge in [-0.2, -0.15) is 0 Å². The molecule has 0 saturated heterocycles. The third kappa shape index (κ3) is 49.3. The minimum atomic E-state index is -4.28. The molecule has 0 aliphatic carbocycles. The highest BCUT2D eigenvalue weighted by atomic mass is 31.2. The first-order valence-electron chi connectivity index (χ1n) is 25.4. The Kier molecular flexibility index (Phi) is 43.9. The van der Waals surface area contributed by atoms with Gasteiger partial charge in [0.1, 0.15) is 19.3 Å². The lowest BCUT2D eigenvalue weighted by Crippen LogP contribution is -2.37. The molecular formula is C52H99NO7P+. The van der Waals surface area contributed by atoms with Crippen LogP contribution in [-0.2, 0) is 27.9 Å². The van der Waals surface area contributed by atoms with Gasteiger partial charge in [-0.05, 0) is 51.4 Å². The summed E-state index contributed by atoms with van der Waals surface area (Å²) in [6, 6.07) is 0. The molecule has 9 heteroatoms. The number of hydrogen-bond acceptors (Lipinski definition) is 6. The predicted molar refractivity (Wildman–Crippen MR) is 261 cm³/mol. The fourth-order valence-corrected chi connectivity index (χ4v) is 7.76. The van der Waals surface area contributed by atoms with Crippen LogP contribution in [0.2, 0.25) is 0 Å². The Morgan fingerprint density at radius 1 is 0.525 bits per heavy atom. The molecule has 0 radical (unpaired) electrons. The molecule has 0 amide bonds. The average Bonchev–Trinajstić information content (AvgIpc) is 3.22. The third-order valence-corrected chi connectivity index (χ3v) is 11.9. The smallest absolute Gasteiger partial charge is 0.457 e. The van der Waals surface area contributed by atoms with Crippen LogP contribution in [0.3, 0.4) is 0 Å². The number of carbonyl (C=O) groups is 1. The molecule has 0 heterocycles. The summed E-state index contributed by atoms with van der Waals surface area (Å²) < 4.78 is 35.1. The maximum atomic E-state index is 12.7. The summed E-state index contributed by atoms with van der Waals surface area (Å²) in [5.74, 6) is -0.313. The summed E-state index contributed by atoms with van der Waals surface area (Å²) >= 11 is 0. The van der Waals surface area contributed by atoms with Gasteiger partial charge in [-0.3, -0.25) is 13.8 Å². The molecule has 61 heavy (non-hydrogen) atoms. The number of rotatable bonds is 47. The van der Waals surface area contributed by atoms with Crippen LogP contribution in [0, 0.1) is 0 Å². The van der Waals surface area contributed by atoms with Crippen molar-refractivity contribution in [2.75, 3.05) is 54.1 Å². The number of likely N-dealkylation sites (N-methyl/N-ethyl adjacent to an activating group) is 1. The fourth-order valence-electron chi connectivity index (χ4n) is 7.02. The number of quaternary nitrogens is 1. The van der Waals surface area contributed by atoms with E-state index in [0.29, 0.717) is 24.1 Å². The topological polar surface area (TPSA) is 91.3 Å². The van der Waals surface area contributed by atoms with Gasteiger partial charge in [-0.15, -0.1) is 0 Å². The Balaban J connectivity index is 4.05. The van der Waals surface area contributed by atoms with Crippen molar-refractivity contribution < 1.29 is 37.3 Å². The minimum absolute atomic E-state index is 0.0892. The third-order valence-electron chi connectivity index (χ3n) is 10.9. The number of phosphoric ester groups is 1. The van der Waals surface area contributed by atoms with Crippen LogP contribution in [-0.4, -0.2) is 75.6 Å². The average molecular weight is 881 g/mol. The van der Waals surface area contributed by atoms with Gasteiger partial charge in [0.25, 0.3) is 0 Å². The predicted octanol–water partition coefficient (Wildman–Crippen LogP) is 15.5. The molecule has 0 aromatic rings. The molecule has 0 spiro atoms. The lowest BCUT2D eigenvalue weighted by Gasteiger charge is -2.24. The van der Waals surface area contributed by atoms with Crippen LogP contribution in [0.5, 0.6) is 0 Å².